The highest BCUT2D eigenvalue weighted by Crippen LogP contribution is 2.06. The van der Waals surface area contributed by atoms with Crippen molar-refractivity contribution in [3.8, 4) is 0 Å². The third kappa shape index (κ3) is 11.1. The summed E-state index contributed by atoms with van der Waals surface area (Å²) in [6.45, 7) is 1.32. The van der Waals surface area contributed by atoms with E-state index in [4.69, 9.17) is 16.6 Å². The minimum absolute atomic E-state index is 0.0504. The Morgan fingerprint density at radius 2 is 1.43 bits per heavy atom. The quantitative estimate of drug-likeness (QED) is 0.146. The number of hydrogen-bond acceptors (Lipinski definition) is 7. The van der Waals surface area contributed by atoms with E-state index in [2.05, 4.69) is 16.0 Å². The number of benzene rings is 1. The van der Waals surface area contributed by atoms with Gasteiger partial charge in [0.1, 0.15) is 18.1 Å². The molecule has 4 unspecified atom stereocenters. The van der Waals surface area contributed by atoms with Gasteiger partial charge >= 0.3 is 11.9 Å². The van der Waals surface area contributed by atoms with Crippen LogP contribution in [0.2, 0.25) is 0 Å². The summed E-state index contributed by atoms with van der Waals surface area (Å²) in [4.78, 5) is 70.7. The first-order chi connectivity index (χ1) is 16.4. The van der Waals surface area contributed by atoms with Crippen molar-refractivity contribution < 1.29 is 39.0 Å². The molecule has 13 heteroatoms. The predicted octanol–water partition coefficient (Wildman–Crippen LogP) is -1.75. The Bertz CT molecular complexity index is 924. The van der Waals surface area contributed by atoms with Crippen molar-refractivity contribution in [3.05, 3.63) is 35.9 Å². The van der Waals surface area contributed by atoms with E-state index in [0.29, 0.717) is 5.56 Å². The molecule has 0 radical (unpaired) electrons. The minimum Gasteiger partial charge on any atom is -0.481 e. The molecule has 0 saturated heterocycles. The topological polar surface area (TPSA) is 231 Å². The molecule has 0 aliphatic carbocycles. The van der Waals surface area contributed by atoms with Gasteiger partial charge in [0, 0.05) is 19.3 Å². The lowest BCUT2D eigenvalue weighted by Gasteiger charge is -2.23. The smallest absolute Gasteiger partial charge is 0.326 e. The van der Waals surface area contributed by atoms with Gasteiger partial charge in [0.2, 0.25) is 23.6 Å². The number of nitrogens with one attached hydrogen (secondary N) is 3. The largest absolute Gasteiger partial charge is 0.481 e. The van der Waals surface area contributed by atoms with Gasteiger partial charge in [-0.2, -0.15) is 0 Å². The van der Waals surface area contributed by atoms with Gasteiger partial charge < -0.3 is 37.6 Å². The highest BCUT2D eigenvalue weighted by Gasteiger charge is 2.28. The van der Waals surface area contributed by atoms with Gasteiger partial charge in [0.05, 0.1) is 6.04 Å². The molecule has 0 aliphatic heterocycles. The summed E-state index contributed by atoms with van der Waals surface area (Å²) in [5.74, 6) is -5.52. The van der Waals surface area contributed by atoms with Crippen molar-refractivity contribution in [2.45, 2.75) is 63.2 Å². The van der Waals surface area contributed by atoms with Gasteiger partial charge in [-0.3, -0.25) is 24.0 Å². The summed E-state index contributed by atoms with van der Waals surface area (Å²) in [7, 11) is 0. The van der Waals surface area contributed by atoms with Crippen LogP contribution in [0.4, 0.5) is 0 Å². The monoisotopic (exact) mass is 493 g/mol. The first-order valence-corrected chi connectivity index (χ1v) is 10.8. The Balaban J connectivity index is 2.88. The molecule has 4 atom stereocenters. The fourth-order valence-electron chi connectivity index (χ4n) is 2.97. The van der Waals surface area contributed by atoms with Gasteiger partial charge in [-0.25, -0.2) is 4.79 Å². The zero-order valence-electron chi connectivity index (χ0n) is 19.2. The van der Waals surface area contributed by atoms with Crippen LogP contribution < -0.4 is 27.4 Å². The van der Waals surface area contributed by atoms with E-state index in [1.165, 1.54) is 6.92 Å². The average Bonchev–Trinajstić information content (AvgIpc) is 2.79. The Morgan fingerprint density at radius 3 is 1.97 bits per heavy atom. The molecule has 4 amide bonds. The lowest BCUT2D eigenvalue weighted by atomic mass is 10.0. The number of amides is 4. The van der Waals surface area contributed by atoms with Crippen LogP contribution in [0.1, 0.15) is 38.2 Å². The molecule has 1 aromatic rings. The van der Waals surface area contributed by atoms with Crippen LogP contribution in [0.15, 0.2) is 30.3 Å². The Morgan fingerprint density at radius 1 is 0.829 bits per heavy atom. The first kappa shape index (κ1) is 29.0. The highest BCUT2D eigenvalue weighted by atomic mass is 16.4. The molecule has 0 spiro atoms. The van der Waals surface area contributed by atoms with Crippen LogP contribution in [0.25, 0.3) is 0 Å². The van der Waals surface area contributed by atoms with Crippen molar-refractivity contribution in [2.24, 2.45) is 11.5 Å². The van der Waals surface area contributed by atoms with Crippen LogP contribution >= 0.6 is 0 Å². The molecule has 0 heterocycles. The normalized spacial score (nSPS) is 14.0. The fourth-order valence-corrected chi connectivity index (χ4v) is 2.97. The van der Waals surface area contributed by atoms with E-state index in [0.717, 1.165) is 0 Å². The van der Waals surface area contributed by atoms with Crippen LogP contribution in [0, 0.1) is 0 Å². The predicted molar refractivity (Wildman–Crippen MR) is 123 cm³/mol. The number of nitrogens with two attached hydrogens (primary N) is 2. The Kier molecular flexibility index (Phi) is 11.9. The van der Waals surface area contributed by atoms with E-state index in [-0.39, 0.29) is 32.1 Å². The number of carboxylic acid groups (broad SMARTS) is 2. The summed E-state index contributed by atoms with van der Waals surface area (Å²) in [6, 6.07) is 3.79. The molecule has 35 heavy (non-hydrogen) atoms. The van der Waals surface area contributed by atoms with Crippen molar-refractivity contribution in [1.29, 1.82) is 0 Å². The van der Waals surface area contributed by atoms with Crippen LogP contribution in [0.5, 0.6) is 0 Å². The van der Waals surface area contributed by atoms with E-state index in [9.17, 15) is 33.9 Å². The summed E-state index contributed by atoms with van der Waals surface area (Å²) in [5, 5.41) is 25.1. The molecule has 13 nitrogen and oxygen atoms in total. The lowest BCUT2D eigenvalue weighted by Crippen LogP contribution is -2.57. The van der Waals surface area contributed by atoms with Crippen molar-refractivity contribution >= 4 is 35.6 Å². The zero-order chi connectivity index (χ0) is 26.5. The standard InChI is InChI=1S/C22H31N5O8/c1-12(19(31)26-15(22(34)35)8-9-17(24)28)25-21(33)16(11-13-5-3-2-4-6-13)27-20(32)14(23)7-10-18(29)30/h2-6,12,14-16H,7-11,23H2,1H3,(H2,24,28)(H,25,33)(H,26,31)(H,27,32)(H,29,30)(H,34,35). The molecular weight excluding hydrogens is 462 g/mol. The van der Waals surface area contributed by atoms with E-state index in [1.807, 2.05) is 0 Å². The number of carbonyl (C=O) groups excluding carboxylic acids is 4. The summed E-state index contributed by atoms with van der Waals surface area (Å²) in [5.41, 5.74) is 11.4. The van der Waals surface area contributed by atoms with E-state index >= 15 is 0 Å². The molecular formula is C22H31N5O8. The minimum atomic E-state index is -1.39. The van der Waals surface area contributed by atoms with E-state index < -0.39 is 59.7 Å². The maximum Gasteiger partial charge on any atom is 0.326 e. The molecule has 0 aromatic heterocycles. The number of carboxylic acids is 2. The zero-order valence-corrected chi connectivity index (χ0v) is 19.2. The second-order valence-electron chi connectivity index (χ2n) is 7.92. The summed E-state index contributed by atoms with van der Waals surface area (Å²) >= 11 is 0. The van der Waals surface area contributed by atoms with Crippen molar-refractivity contribution in [1.82, 2.24) is 16.0 Å². The van der Waals surface area contributed by atoms with Gasteiger partial charge in [-0.15, -0.1) is 0 Å². The van der Waals surface area contributed by atoms with Crippen LogP contribution in [0.3, 0.4) is 0 Å². The fraction of sp³-hybridized carbons (Fsp3) is 0.455. The average molecular weight is 494 g/mol. The SMILES string of the molecule is CC(NC(=O)C(Cc1ccccc1)NC(=O)C(N)CCC(=O)O)C(=O)NC(CCC(N)=O)C(=O)O. The summed E-state index contributed by atoms with van der Waals surface area (Å²) in [6.07, 6.45) is -0.901. The highest BCUT2D eigenvalue weighted by molar-refractivity contribution is 5.94. The van der Waals surface area contributed by atoms with Crippen LogP contribution in [-0.4, -0.2) is 69.9 Å². The molecule has 0 saturated carbocycles. The third-order valence-corrected chi connectivity index (χ3v) is 4.97. The number of carbonyl (C=O) groups is 6. The van der Waals surface area contributed by atoms with Gasteiger partial charge in [0.15, 0.2) is 0 Å². The van der Waals surface area contributed by atoms with E-state index in [1.54, 1.807) is 30.3 Å². The van der Waals surface area contributed by atoms with Crippen LogP contribution in [-0.2, 0) is 35.2 Å². The van der Waals surface area contributed by atoms with Gasteiger partial charge in [0.25, 0.3) is 0 Å². The number of primary amides is 1. The van der Waals surface area contributed by atoms with Gasteiger partial charge in [-0.1, -0.05) is 30.3 Å². The number of rotatable bonds is 15. The number of aliphatic carboxylic acids is 2. The molecule has 1 rings (SSSR count). The Hall–Kier alpha value is -4.00. The van der Waals surface area contributed by atoms with Crippen molar-refractivity contribution in [2.75, 3.05) is 0 Å². The second-order valence-corrected chi connectivity index (χ2v) is 7.92. The molecule has 192 valence electrons. The molecule has 9 N–H and O–H groups in total. The Labute approximate surface area is 201 Å². The molecule has 0 fully saturated rings. The third-order valence-electron chi connectivity index (χ3n) is 4.97. The maximum absolute atomic E-state index is 12.9. The molecule has 0 aliphatic rings. The maximum atomic E-state index is 12.9. The first-order valence-electron chi connectivity index (χ1n) is 10.8. The van der Waals surface area contributed by atoms with Crippen molar-refractivity contribution in [3.63, 3.8) is 0 Å². The second kappa shape index (κ2) is 14.3. The summed E-state index contributed by atoms with van der Waals surface area (Å²) < 4.78 is 0. The molecule has 0 bridgehead atoms. The number of hydrogen-bond donors (Lipinski definition) is 7. The lowest BCUT2D eigenvalue weighted by molar-refractivity contribution is -0.142. The molecule has 1 aromatic carbocycles. The van der Waals surface area contributed by atoms with Gasteiger partial charge in [-0.05, 0) is 25.3 Å².